The number of amides is 1. The number of sulfonamides is 1. The lowest BCUT2D eigenvalue weighted by Crippen LogP contribution is -2.47. The summed E-state index contributed by atoms with van der Waals surface area (Å²) in [5, 5.41) is 10.1. The molecule has 0 unspecified atom stereocenters. The lowest BCUT2D eigenvalue weighted by molar-refractivity contribution is 0.0919. The molecule has 1 aliphatic heterocycles. The Bertz CT molecular complexity index is 962. The van der Waals surface area contributed by atoms with Crippen molar-refractivity contribution in [3.63, 3.8) is 0 Å². The molecule has 0 radical (unpaired) electrons. The minimum atomic E-state index is -3.20. The summed E-state index contributed by atoms with van der Waals surface area (Å²) in [6.07, 6.45) is 1.69. The minimum absolute atomic E-state index is 0.122. The number of fused-ring (bicyclic) bond motifs is 1. The lowest BCUT2D eigenvalue weighted by atomic mass is 10.1. The Labute approximate surface area is 151 Å². The Morgan fingerprint density at radius 3 is 2.58 bits per heavy atom. The van der Waals surface area contributed by atoms with Crippen molar-refractivity contribution >= 4 is 26.7 Å². The number of hydrogen-bond acceptors (Lipinski definition) is 5. The number of aromatic nitrogens is 2. The SMILES string of the molecule is CCCS(=O)(=O)N1CCC(NC(=O)c2n[nH]c(=O)c3ccccc23)CC1. The molecular formula is C17H22N4O4S. The van der Waals surface area contributed by atoms with Gasteiger partial charge >= 0.3 is 0 Å². The Kier molecular flexibility index (Phi) is 5.38. The highest BCUT2D eigenvalue weighted by Crippen LogP contribution is 2.17. The van der Waals surface area contributed by atoms with Crippen LogP contribution in [0.1, 0.15) is 36.7 Å². The molecule has 9 heteroatoms. The van der Waals surface area contributed by atoms with Gasteiger partial charge in [0.15, 0.2) is 5.69 Å². The number of hydrogen-bond donors (Lipinski definition) is 2. The molecular weight excluding hydrogens is 356 g/mol. The van der Waals surface area contributed by atoms with Crippen LogP contribution in [-0.2, 0) is 10.0 Å². The monoisotopic (exact) mass is 378 g/mol. The molecule has 1 aromatic heterocycles. The Morgan fingerprint density at radius 2 is 1.92 bits per heavy atom. The van der Waals surface area contributed by atoms with Crippen LogP contribution in [0.4, 0.5) is 0 Å². The molecule has 8 nitrogen and oxygen atoms in total. The van der Waals surface area contributed by atoms with Crippen molar-refractivity contribution in [1.82, 2.24) is 19.8 Å². The predicted octanol–water partition coefficient (Wildman–Crippen LogP) is 0.857. The molecule has 2 aromatic rings. The van der Waals surface area contributed by atoms with Crippen LogP contribution < -0.4 is 10.9 Å². The zero-order valence-electron chi connectivity index (χ0n) is 14.6. The van der Waals surface area contributed by atoms with Gasteiger partial charge in [0, 0.05) is 24.5 Å². The fourth-order valence-corrected chi connectivity index (χ4v) is 4.75. The molecule has 0 bridgehead atoms. The van der Waals surface area contributed by atoms with Crippen molar-refractivity contribution in [2.24, 2.45) is 0 Å². The molecule has 1 aromatic carbocycles. The van der Waals surface area contributed by atoms with E-state index in [1.54, 1.807) is 24.3 Å². The number of nitrogens with zero attached hydrogens (tertiary/aromatic N) is 2. The lowest BCUT2D eigenvalue weighted by Gasteiger charge is -2.31. The summed E-state index contributed by atoms with van der Waals surface area (Å²) >= 11 is 0. The Hall–Kier alpha value is -2.26. The molecule has 140 valence electrons. The van der Waals surface area contributed by atoms with Gasteiger partial charge in [0.2, 0.25) is 10.0 Å². The van der Waals surface area contributed by atoms with Crippen LogP contribution in [0.15, 0.2) is 29.1 Å². The molecule has 1 fully saturated rings. The fraction of sp³-hybridized carbons (Fsp3) is 0.471. The van der Waals surface area contributed by atoms with Gasteiger partial charge in [0.25, 0.3) is 11.5 Å². The molecule has 1 aliphatic rings. The topological polar surface area (TPSA) is 112 Å². The van der Waals surface area contributed by atoms with E-state index in [0.29, 0.717) is 43.1 Å². The zero-order valence-corrected chi connectivity index (χ0v) is 15.4. The molecule has 0 spiro atoms. The van der Waals surface area contributed by atoms with Crippen LogP contribution in [0.5, 0.6) is 0 Å². The van der Waals surface area contributed by atoms with Crippen LogP contribution in [-0.4, -0.2) is 53.7 Å². The standard InChI is InChI=1S/C17H22N4O4S/c1-2-11-26(24,25)21-9-7-12(8-10-21)18-17(23)15-13-5-3-4-6-14(13)16(22)20-19-15/h3-6,12H,2,7-11H2,1H3,(H,18,23)(H,20,22). The van der Waals surface area contributed by atoms with E-state index in [1.165, 1.54) is 4.31 Å². The fourth-order valence-electron chi connectivity index (χ4n) is 3.21. The van der Waals surface area contributed by atoms with E-state index in [0.717, 1.165) is 0 Å². The number of piperidine rings is 1. The van der Waals surface area contributed by atoms with E-state index < -0.39 is 10.0 Å². The van der Waals surface area contributed by atoms with Gasteiger partial charge in [-0.3, -0.25) is 9.59 Å². The average Bonchev–Trinajstić information content (AvgIpc) is 2.62. The van der Waals surface area contributed by atoms with E-state index in [-0.39, 0.29) is 29.0 Å². The second-order valence-corrected chi connectivity index (χ2v) is 8.50. The second kappa shape index (κ2) is 7.55. The van der Waals surface area contributed by atoms with Crippen LogP contribution in [0.25, 0.3) is 10.8 Å². The molecule has 2 heterocycles. The summed E-state index contributed by atoms with van der Waals surface area (Å²) in [7, 11) is -3.20. The third kappa shape index (κ3) is 3.78. The van der Waals surface area contributed by atoms with Crippen LogP contribution >= 0.6 is 0 Å². The summed E-state index contributed by atoms with van der Waals surface area (Å²) in [6, 6.07) is 6.68. The van der Waals surface area contributed by atoms with Gasteiger partial charge in [-0.2, -0.15) is 5.10 Å². The van der Waals surface area contributed by atoms with Gasteiger partial charge in [0.1, 0.15) is 0 Å². The molecule has 0 aliphatic carbocycles. The van der Waals surface area contributed by atoms with E-state index in [9.17, 15) is 18.0 Å². The number of aromatic amines is 1. The summed E-state index contributed by atoms with van der Waals surface area (Å²) < 4.78 is 25.7. The third-order valence-corrected chi connectivity index (χ3v) is 6.63. The molecule has 1 amide bonds. The van der Waals surface area contributed by atoms with Crippen molar-refractivity contribution in [1.29, 1.82) is 0 Å². The Morgan fingerprint density at radius 1 is 1.27 bits per heavy atom. The first kappa shape index (κ1) is 18.5. The van der Waals surface area contributed by atoms with E-state index in [1.807, 2.05) is 6.92 Å². The maximum atomic E-state index is 12.6. The van der Waals surface area contributed by atoms with E-state index >= 15 is 0 Å². The summed E-state index contributed by atoms with van der Waals surface area (Å²) in [4.78, 5) is 24.4. The zero-order chi connectivity index (χ0) is 18.7. The summed E-state index contributed by atoms with van der Waals surface area (Å²) in [6.45, 7) is 2.63. The number of carbonyl (C=O) groups excluding carboxylic acids is 1. The predicted molar refractivity (Wildman–Crippen MR) is 98.5 cm³/mol. The van der Waals surface area contributed by atoms with Crippen molar-refractivity contribution < 1.29 is 13.2 Å². The maximum Gasteiger partial charge on any atom is 0.272 e. The molecule has 0 saturated carbocycles. The molecule has 0 atom stereocenters. The number of nitrogens with one attached hydrogen (secondary N) is 2. The van der Waals surface area contributed by atoms with E-state index in [4.69, 9.17) is 0 Å². The smallest absolute Gasteiger partial charge is 0.272 e. The summed E-state index contributed by atoms with van der Waals surface area (Å²) in [5.74, 6) is -0.218. The van der Waals surface area contributed by atoms with Crippen molar-refractivity contribution in [3.05, 3.63) is 40.3 Å². The van der Waals surface area contributed by atoms with Crippen molar-refractivity contribution in [2.75, 3.05) is 18.8 Å². The quantitative estimate of drug-likeness (QED) is 0.801. The van der Waals surface area contributed by atoms with Crippen LogP contribution in [0.2, 0.25) is 0 Å². The second-order valence-electron chi connectivity index (χ2n) is 6.41. The van der Waals surface area contributed by atoms with Crippen LogP contribution in [0.3, 0.4) is 0 Å². The van der Waals surface area contributed by atoms with Gasteiger partial charge in [-0.1, -0.05) is 25.1 Å². The highest BCUT2D eigenvalue weighted by Gasteiger charge is 2.28. The highest BCUT2D eigenvalue weighted by atomic mass is 32.2. The van der Waals surface area contributed by atoms with Gasteiger partial charge in [-0.25, -0.2) is 17.8 Å². The van der Waals surface area contributed by atoms with Crippen molar-refractivity contribution in [3.8, 4) is 0 Å². The van der Waals surface area contributed by atoms with Crippen LogP contribution in [0, 0.1) is 0 Å². The van der Waals surface area contributed by atoms with Crippen molar-refractivity contribution in [2.45, 2.75) is 32.2 Å². The maximum absolute atomic E-state index is 12.6. The molecule has 1 saturated heterocycles. The normalized spacial score (nSPS) is 16.7. The highest BCUT2D eigenvalue weighted by molar-refractivity contribution is 7.89. The summed E-state index contributed by atoms with van der Waals surface area (Å²) in [5.41, 5.74) is -0.173. The molecule has 2 N–H and O–H groups in total. The number of carbonyl (C=O) groups is 1. The first-order valence-electron chi connectivity index (χ1n) is 8.68. The first-order chi connectivity index (χ1) is 12.4. The number of benzene rings is 1. The van der Waals surface area contributed by atoms with Gasteiger partial charge in [0.05, 0.1) is 11.1 Å². The Balaban J connectivity index is 1.69. The number of rotatable bonds is 5. The molecule has 26 heavy (non-hydrogen) atoms. The first-order valence-corrected chi connectivity index (χ1v) is 10.3. The van der Waals surface area contributed by atoms with Gasteiger partial charge in [-0.05, 0) is 25.3 Å². The molecule has 3 rings (SSSR count). The van der Waals surface area contributed by atoms with Gasteiger partial charge in [-0.15, -0.1) is 0 Å². The minimum Gasteiger partial charge on any atom is -0.348 e. The average molecular weight is 378 g/mol. The number of H-pyrrole nitrogens is 1. The van der Waals surface area contributed by atoms with Gasteiger partial charge < -0.3 is 5.32 Å². The van der Waals surface area contributed by atoms with E-state index in [2.05, 4.69) is 15.5 Å². The largest absolute Gasteiger partial charge is 0.348 e. The third-order valence-electron chi connectivity index (χ3n) is 4.56.